The highest BCUT2D eigenvalue weighted by atomic mass is 19.4. The van der Waals surface area contributed by atoms with E-state index in [4.69, 9.17) is 0 Å². The Labute approximate surface area is 66.6 Å². The fraction of sp³-hybridized carbons (Fsp3) is 0.167. The number of alkyl halides is 3. The summed E-state index contributed by atoms with van der Waals surface area (Å²) in [5.74, 6) is 0. The van der Waals surface area contributed by atoms with Gasteiger partial charge in [-0.05, 0) is 12.1 Å². The minimum atomic E-state index is -4.43. The lowest BCUT2D eigenvalue weighted by Gasteiger charge is -2.09. The van der Waals surface area contributed by atoms with Crippen LogP contribution in [0.25, 0.3) is 0 Å². The van der Waals surface area contributed by atoms with Crippen LogP contribution in [0.5, 0.6) is 0 Å². The Morgan fingerprint density at radius 1 is 1.33 bits per heavy atom. The average molecular weight is 177 g/mol. The molecule has 12 heavy (non-hydrogen) atoms. The highest BCUT2D eigenvalue weighted by Crippen LogP contribution is 2.10. The van der Waals surface area contributed by atoms with Gasteiger partial charge in [0.1, 0.15) is 0 Å². The van der Waals surface area contributed by atoms with Gasteiger partial charge >= 0.3 is 6.30 Å². The molecule has 0 saturated heterocycles. The maximum Gasteiger partial charge on any atom is 0.474 e. The fourth-order valence-corrected chi connectivity index (χ4v) is 0.580. The molecule has 0 atom stereocenters. The first-order valence-electron chi connectivity index (χ1n) is 3.08. The van der Waals surface area contributed by atoms with Gasteiger partial charge in [-0.3, -0.25) is 4.98 Å². The van der Waals surface area contributed by atoms with Crippen LogP contribution >= 0.6 is 0 Å². The number of nitrogens with one attached hydrogen (secondary N) is 2. The van der Waals surface area contributed by atoms with Crippen LogP contribution in [0, 0.1) is 0 Å². The molecule has 3 nitrogen and oxygen atoms in total. The maximum atomic E-state index is 11.5. The maximum absolute atomic E-state index is 11.5. The van der Waals surface area contributed by atoms with Crippen molar-refractivity contribution in [3.8, 4) is 0 Å². The minimum Gasteiger partial charge on any atom is -0.313 e. The molecule has 1 rings (SSSR count). The van der Waals surface area contributed by atoms with Gasteiger partial charge in [0, 0.05) is 6.20 Å². The zero-order valence-corrected chi connectivity index (χ0v) is 5.89. The smallest absolute Gasteiger partial charge is 0.313 e. The first kappa shape index (κ1) is 8.79. The van der Waals surface area contributed by atoms with E-state index >= 15 is 0 Å². The molecule has 0 aliphatic carbocycles. The third kappa shape index (κ3) is 3.20. The van der Waals surface area contributed by atoms with Gasteiger partial charge in [-0.1, -0.05) is 0 Å². The number of nitrogens with zero attached hydrogens (tertiary/aromatic N) is 1. The monoisotopic (exact) mass is 177 g/mol. The number of anilines is 1. The molecule has 1 aromatic rings. The van der Waals surface area contributed by atoms with Crippen molar-refractivity contribution in [3.63, 3.8) is 0 Å². The van der Waals surface area contributed by atoms with Gasteiger partial charge in [-0.25, -0.2) is 0 Å². The number of rotatable bonds is 2. The molecule has 1 heterocycles. The zero-order valence-electron chi connectivity index (χ0n) is 5.89. The molecule has 2 N–H and O–H groups in total. The van der Waals surface area contributed by atoms with Gasteiger partial charge in [-0.15, -0.1) is 5.43 Å². The highest BCUT2D eigenvalue weighted by molar-refractivity contribution is 5.38. The van der Waals surface area contributed by atoms with Gasteiger partial charge in [-0.2, -0.15) is 13.2 Å². The first-order valence-corrected chi connectivity index (χ1v) is 3.08. The van der Waals surface area contributed by atoms with E-state index in [1.54, 1.807) is 0 Å². The summed E-state index contributed by atoms with van der Waals surface area (Å²) < 4.78 is 34.6. The Balaban J connectivity index is 2.44. The Kier molecular flexibility index (Phi) is 2.49. The van der Waals surface area contributed by atoms with E-state index in [-0.39, 0.29) is 5.69 Å². The summed E-state index contributed by atoms with van der Waals surface area (Å²) in [6.07, 6.45) is -1.69. The van der Waals surface area contributed by atoms with Crippen LogP contribution in [0.15, 0.2) is 24.5 Å². The minimum absolute atomic E-state index is 0.259. The van der Waals surface area contributed by atoms with Gasteiger partial charge < -0.3 is 5.43 Å². The van der Waals surface area contributed by atoms with Crippen LogP contribution in [0.3, 0.4) is 0 Å². The van der Waals surface area contributed by atoms with Gasteiger partial charge in [0.15, 0.2) is 0 Å². The van der Waals surface area contributed by atoms with Gasteiger partial charge in [0.05, 0.1) is 11.9 Å². The van der Waals surface area contributed by atoms with E-state index in [1.165, 1.54) is 24.5 Å². The number of hydrogen-bond donors (Lipinski definition) is 2. The highest BCUT2D eigenvalue weighted by Gasteiger charge is 2.26. The molecule has 1 aromatic heterocycles. The van der Waals surface area contributed by atoms with Crippen molar-refractivity contribution in [1.29, 1.82) is 0 Å². The van der Waals surface area contributed by atoms with E-state index in [2.05, 4.69) is 4.98 Å². The summed E-state index contributed by atoms with van der Waals surface area (Å²) in [6, 6.07) is 2.99. The van der Waals surface area contributed by atoms with Crippen molar-refractivity contribution in [2.75, 3.05) is 5.43 Å². The summed E-state index contributed by atoms with van der Waals surface area (Å²) in [5.41, 5.74) is 3.35. The van der Waals surface area contributed by atoms with Crippen molar-refractivity contribution in [2.24, 2.45) is 0 Å². The molecule has 0 bridgehead atoms. The summed E-state index contributed by atoms with van der Waals surface area (Å²) in [6.45, 7) is 0. The van der Waals surface area contributed by atoms with E-state index in [1.807, 2.05) is 5.43 Å². The molecule has 0 aliphatic rings. The lowest BCUT2D eigenvalue weighted by atomic mass is 10.4. The third-order valence-electron chi connectivity index (χ3n) is 1.01. The summed E-state index contributed by atoms with van der Waals surface area (Å²) >= 11 is 0. The molecule has 0 aromatic carbocycles. The largest absolute Gasteiger partial charge is 0.474 e. The van der Waals surface area contributed by atoms with Crippen LogP contribution in [0.1, 0.15) is 0 Å². The Morgan fingerprint density at radius 2 is 2.08 bits per heavy atom. The van der Waals surface area contributed by atoms with E-state index < -0.39 is 6.30 Å². The van der Waals surface area contributed by atoms with Crippen LogP contribution in [0.2, 0.25) is 0 Å². The number of halogens is 3. The summed E-state index contributed by atoms with van der Waals surface area (Å²) in [4.78, 5) is 3.62. The predicted octanol–water partition coefficient (Wildman–Crippen LogP) is 1.52. The molecule has 0 fully saturated rings. The average Bonchev–Trinajstić information content (AvgIpc) is 2.02. The first-order chi connectivity index (χ1) is 5.58. The van der Waals surface area contributed by atoms with Crippen molar-refractivity contribution in [2.45, 2.75) is 6.30 Å². The van der Waals surface area contributed by atoms with Crippen molar-refractivity contribution < 1.29 is 13.2 Å². The second-order valence-electron chi connectivity index (χ2n) is 1.99. The zero-order chi connectivity index (χ0) is 9.03. The summed E-state index contributed by atoms with van der Waals surface area (Å²) in [7, 11) is 0. The molecule has 0 amide bonds. The lowest BCUT2D eigenvalue weighted by molar-refractivity contribution is -0.151. The lowest BCUT2D eigenvalue weighted by Crippen LogP contribution is -2.36. The molecule has 0 radical (unpaired) electrons. The second-order valence-corrected chi connectivity index (χ2v) is 1.99. The molecule has 0 spiro atoms. The topological polar surface area (TPSA) is 37.0 Å². The standard InChI is InChI=1S/C6H6F3N3/c7-6(8,9)12-11-5-2-1-3-10-4-5/h1-4,11-12H. The summed E-state index contributed by atoms with van der Waals surface area (Å²) in [5, 5.41) is 0. The molecular formula is C6H6F3N3. The fourth-order valence-electron chi connectivity index (χ4n) is 0.580. The SMILES string of the molecule is FC(F)(F)NNc1cccnc1. The van der Waals surface area contributed by atoms with Crippen LogP contribution < -0.4 is 10.9 Å². The van der Waals surface area contributed by atoms with E-state index in [9.17, 15) is 13.2 Å². The van der Waals surface area contributed by atoms with E-state index in [0.29, 0.717) is 0 Å². The Morgan fingerprint density at radius 3 is 2.58 bits per heavy atom. The van der Waals surface area contributed by atoms with Crippen LogP contribution in [0.4, 0.5) is 18.9 Å². The van der Waals surface area contributed by atoms with Crippen LogP contribution in [-0.4, -0.2) is 11.3 Å². The number of hydrazine groups is 1. The van der Waals surface area contributed by atoms with Gasteiger partial charge in [0.2, 0.25) is 0 Å². The molecular weight excluding hydrogens is 171 g/mol. The van der Waals surface area contributed by atoms with Crippen molar-refractivity contribution in [1.82, 2.24) is 10.4 Å². The quantitative estimate of drug-likeness (QED) is 0.531. The van der Waals surface area contributed by atoms with Crippen molar-refractivity contribution >= 4 is 5.69 Å². The number of pyridine rings is 1. The van der Waals surface area contributed by atoms with E-state index in [0.717, 1.165) is 5.43 Å². The number of hydrogen-bond acceptors (Lipinski definition) is 3. The van der Waals surface area contributed by atoms with Crippen LogP contribution in [-0.2, 0) is 0 Å². The Bertz CT molecular complexity index is 234. The van der Waals surface area contributed by atoms with Crippen molar-refractivity contribution in [3.05, 3.63) is 24.5 Å². The molecule has 0 unspecified atom stereocenters. The molecule has 66 valence electrons. The predicted molar refractivity (Wildman–Crippen MR) is 37.1 cm³/mol. The molecule has 0 saturated carbocycles. The second kappa shape index (κ2) is 3.40. The van der Waals surface area contributed by atoms with Gasteiger partial charge in [0.25, 0.3) is 0 Å². The third-order valence-corrected chi connectivity index (χ3v) is 1.01. The number of aromatic nitrogens is 1. The Hall–Kier alpha value is -1.30. The molecule has 0 aliphatic heterocycles. The molecule has 6 heteroatoms. The normalized spacial score (nSPS) is 11.2.